The lowest BCUT2D eigenvalue weighted by atomic mass is 10.0. The summed E-state index contributed by atoms with van der Waals surface area (Å²) in [7, 11) is 0. The van der Waals surface area contributed by atoms with Crippen molar-refractivity contribution in [3.63, 3.8) is 0 Å². The molecule has 0 aliphatic heterocycles. The molecule has 30 heavy (non-hydrogen) atoms. The Labute approximate surface area is 181 Å². The van der Waals surface area contributed by atoms with Crippen molar-refractivity contribution in [3.05, 3.63) is 76.4 Å². The Morgan fingerprint density at radius 2 is 1.70 bits per heavy atom. The van der Waals surface area contributed by atoms with Crippen LogP contribution in [-0.4, -0.2) is 31.7 Å². The molecule has 0 saturated carbocycles. The van der Waals surface area contributed by atoms with E-state index in [0.717, 1.165) is 37.9 Å². The Kier molecular flexibility index (Phi) is 5.52. The number of hydrogen-bond acceptors (Lipinski definition) is 5. The lowest BCUT2D eigenvalue weighted by Crippen LogP contribution is -2.32. The van der Waals surface area contributed by atoms with Gasteiger partial charge in [-0.05, 0) is 35.7 Å². The second kappa shape index (κ2) is 8.25. The van der Waals surface area contributed by atoms with Gasteiger partial charge in [0.25, 0.3) is 0 Å². The molecule has 7 nitrogen and oxygen atoms in total. The molecule has 0 aliphatic rings. The predicted molar refractivity (Wildman–Crippen MR) is 120 cm³/mol. The molecule has 5 N–H and O–H groups in total. The zero-order chi connectivity index (χ0) is 21.3. The van der Waals surface area contributed by atoms with Crippen molar-refractivity contribution >= 4 is 38.9 Å². The lowest BCUT2D eigenvalue weighted by molar-refractivity contribution is -0.138. The van der Waals surface area contributed by atoms with Gasteiger partial charge in [0.1, 0.15) is 11.7 Å². The maximum Gasteiger partial charge on any atom is 0.320 e. The fourth-order valence-electron chi connectivity index (χ4n) is 3.36. The molecule has 0 spiro atoms. The highest BCUT2D eigenvalue weighted by molar-refractivity contribution is 9.10. The van der Waals surface area contributed by atoms with Gasteiger partial charge in [-0.15, -0.1) is 0 Å². The van der Waals surface area contributed by atoms with Crippen molar-refractivity contribution in [2.75, 3.05) is 5.73 Å². The van der Waals surface area contributed by atoms with Crippen LogP contribution in [0, 0.1) is 0 Å². The first-order valence-electron chi connectivity index (χ1n) is 9.35. The normalized spacial score (nSPS) is 12.2. The lowest BCUT2D eigenvalue weighted by Gasteiger charge is -2.09. The quantitative estimate of drug-likeness (QED) is 0.401. The molecule has 152 valence electrons. The molecule has 0 amide bonds. The van der Waals surface area contributed by atoms with Crippen molar-refractivity contribution in [2.45, 2.75) is 19.0 Å². The van der Waals surface area contributed by atoms with Gasteiger partial charge >= 0.3 is 5.97 Å². The van der Waals surface area contributed by atoms with Crippen LogP contribution >= 0.6 is 15.9 Å². The van der Waals surface area contributed by atoms with Gasteiger partial charge in [0.15, 0.2) is 0 Å². The van der Waals surface area contributed by atoms with Gasteiger partial charge in [-0.1, -0.05) is 52.3 Å². The fourth-order valence-corrected chi connectivity index (χ4v) is 3.62. The number of carboxylic acid groups (broad SMARTS) is 1. The molecule has 2 aromatic carbocycles. The van der Waals surface area contributed by atoms with E-state index in [4.69, 9.17) is 16.6 Å². The Hall–Kier alpha value is -3.23. The van der Waals surface area contributed by atoms with Crippen LogP contribution in [0.3, 0.4) is 0 Å². The summed E-state index contributed by atoms with van der Waals surface area (Å²) in [6, 6.07) is 16.7. The number of anilines is 1. The number of nitrogens with two attached hydrogens (primary N) is 2. The number of benzene rings is 2. The first kappa shape index (κ1) is 20.1. The van der Waals surface area contributed by atoms with Crippen LogP contribution in [0.15, 0.2) is 65.3 Å². The van der Waals surface area contributed by atoms with Crippen LogP contribution in [-0.2, 0) is 17.8 Å². The summed E-state index contributed by atoms with van der Waals surface area (Å²) >= 11 is 3.45. The molecule has 8 heteroatoms. The van der Waals surface area contributed by atoms with E-state index in [1.165, 1.54) is 0 Å². The number of halogens is 1. The Bertz CT molecular complexity index is 1200. The third-order valence-corrected chi connectivity index (χ3v) is 5.43. The van der Waals surface area contributed by atoms with Crippen molar-refractivity contribution in [1.82, 2.24) is 14.5 Å². The Morgan fingerprint density at radius 3 is 2.37 bits per heavy atom. The molecular formula is C22H20BrN5O2. The van der Waals surface area contributed by atoms with Gasteiger partial charge in [0, 0.05) is 28.2 Å². The molecule has 0 fully saturated rings. The number of aromatic nitrogens is 3. The van der Waals surface area contributed by atoms with Crippen LogP contribution in [0.5, 0.6) is 0 Å². The summed E-state index contributed by atoms with van der Waals surface area (Å²) in [5, 5.41) is 9.89. The summed E-state index contributed by atoms with van der Waals surface area (Å²) < 4.78 is 3.07. The highest BCUT2D eigenvalue weighted by atomic mass is 79.9. The predicted octanol–water partition coefficient (Wildman–Crippen LogP) is 3.45. The van der Waals surface area contributed by atoms with Crippen LogP contribution < -0.4 is 11.5 Å². The molecule has 0 radical (unpaired) electrons. The molecule has 1 atom stereocenters. The maximum absolute atomic E-state index is 11.0. The number of rotatable bonds is 6. The molecule has 0 aliphatic carbocycles. The summed E-state index contributed by atoms with van der Waals surface area (Å²) in [4.78, 5) is 19.9. The molecule has 2 aromatic heterocycles. The third kappa shape index (κ3) is 4.19. The number of carbonyl (C=O) groups is 1. The van der Waals surface area contributed by atoms with E-state index in [0.29, 0.717) is 6.54 Å². The second-order valence-electron chi connectivity index (χ2n) is 7.08. The average Bonchev–Trinajstić information content (AvgIpc) is 3.12. The van der Waals surface area contributed by atoms with E-state index in [2.05, 4.69) is 38.0 Å². The van der Waals surface area contributed by atoms with Crippen molar-refractivity contribution < 1.29 is 9.90 Å². The number of nitrogens with zero attached hydrogens (tertiary/aromatic N) is 3. The van der Waals surface area contributed by atoms with Gasteiger partial charge in [-0.2, -0.15) is 4.98 Å². The van der Waals surface area contributed by atoms with Crippen molar-refractivity contribution in [3.8, 4) is 11.3 Å². The third-order valence-electron chi connectivity index (χ3n) is 4.90. The van der Waals surface area contributed by atoms with E-state index >= 15 is 0 Å². The first-order chi connectivity index (χ1) is 14.4. The summed E-state index contributed by atoms with van der Waals surface area (Å²) in [5.74, 6) is -0.818. The monoisotopic (exact) mass is 465 g/mol. The Balaban J connectivity index is 1.67. The van der Waals surface area contributed by atoms with Gasteiger partial charge in [-0.25, -0.2) is 4.98 Å². The molecule has 2 heterocycles. The number of nitrogen functional groups attached to an aromatic ring is 1. The van der Waals surface area contributed by atoms with Crippen LogP contribution in [0.25, 0.3) is 22.3 Å². The average molecular weight is 466 g/mol. The minimum Gasteiger partial charge on any atom is -0.480 e. The smallest absolute Gasteiger partial charge is 0.320 e. The second-order valence-corrected chi connectivity index (χ2v) is 8.00. The fraction of sp³-hybridized carbons (Fsp3) is 0.136. The SMILES string of the molecule is Nc1nc(-c2ccc(CC(N)C(=O)O)cc2)c2ccn(Cc3ccc(Br)cc3)c2n1. The van der Waals surface area contributed by atoms with Gasteiger partial charge in [0.05, 0.1) is 5.69 Å². The topological polar surface area (TPSA) is 120 Å². The summed E-state index contributed by atoms with van der Waals surface area (Å²) in [5.41, 5.74) is 16.0. The van der Waals surface area contributed by atoms with E-state index in [1.54, 1.807) is 0 Å². The Morgan fingerprint density at radius 1 is 1.03 bits per heavy atom. The maximum atomic E-state index is 11.0. The van der Waals surface area contributed by atoms with Gasteiger partial charge < -0.3 is 21.1 Å². The number of aliphatic carboxylic acids is 1. The van der Waals surface area contributed by atoms with Crippen molar-refractivity contribution in [2.24, 2.45) is 5.73 Å². The van der Waals surface area contributed by atoms with Gasteiger partial charge in [0.2, 0.25) is 5.95 Å². The number of carboxylic acids is 1. The van der Waals surface area contributed by atoms with Crippen LogP contribution in [0.2, 0.25) is 0 Å². The molecular weight excluding hydrogens is 446 g/mol. The van der Waals surface area contributed by atoms with Crippen molar-refractivity contribution in [1.29, 1.82) is 0 Å². The number of fused-ring (bicyclic) bond motifs is 1. The zero-order valence-electron chi connectivity index (χ0n) is 16.0. The van der Waals surface area contributed by atoms with E-state index in [9.17, 15) is 4.79 Å². The van der Waals surface area contributed by atoms with Gasteiger partial charge in [-0.3, -0.25) is 4.79 Å². The standard InChI is InChI=1S/C22H20BrN5O2/c23-16-7-3-14(4-8-16)12-28-10-9-17-19(26-22(25)27-20(17)28)15-5-1-13(2-6-15)11-18(24)21(29)30/h1-10,18H,11-12,24H2,(H,29,30)(H2,25,26,27). The molecule has 4 rings (SSSR count). The highest BCUT2D eigenvalue weighted by Crippen LogP contribution is 2.28. The summed E-state index contributed by atoms with van der Waals surface area (Å²) in [6.07, 6.45) is 2.24. The molecule has 4 aromatic rings. The molecule has 0 saturated heterocycles. The van der Waals surface area contributed by atoms with E-state index in [1.807, 2.05) is 53.2 Å². The zero-order valence-corrected chi connectivity index (χ0v) is 17.6. The number of hydrogen-bond donors (Lipinski definition) is 3. The van der Waals surface area contributed by atoms with E-state index in [-0.39, 0.29) is 12.4 Å². The van der Waals surface area contributed by atoms with E-state index < -0.39 is 12.0 Å². The molecule has 0 bridgehead atoms. The largest absolute Gasteiger partial charge is 0.480 e. The molecule has 1 unspecified atom stereocenters. The highest BCUT2D eigenvalue weighted by Gasteiger charge is 2.15. The minimum absolute atomic E-state index is 0.199. The first-order valence-corrected chi connectivity index (χ1v) is 10.1. The summed E-state index contributed by atoms with van der Waals surface area (Å²) in [6.45, 7) is 0.665. The van der Waals surface area contributed by atoms with Crippen LogP contribution in [0.1, 0.15) is 11.1 Å². The minimum atomic E-state index is -1.02. The van der Waals surface area contributed by atoms with Crippen LogP contribution in [0.4, 0.5) is 5.95 Å².